The van der Waals surface area contributed by atoms with Gasteiger partial charge in [-0.1, -0.05) is 0 Å². The highest BCUT2D eigenvalue weighted by atomic mass is 32.2. The predicted octanol–water partition coefficient (Wildman–Crippen LogP) is 2.52. The number of hydrogen-bond acceptors (Lipinski definition) is 6. The van der Waals surface area contributed by atoms with E-state index in [9.17, 15) is 8.42 Å². The number of hydrogen-bond donors (Lipinski definition) is 1. The number of aryl methyl sites for hydroxylation is 1. The Kier molecular flexibility index (Phi) is 4.66. The molecule has 1 N–H and O–H groups in total. The highest BCUT2D eigenvalue weighted by Crippen LogP contribution is 2.23. The lowest BCUT2D eigenvalue weighted by Crippen LogP contribution is -2.14. The van der Waals surface area contributed by atoms with Crippen molar-refractivity contribution in [3.8, 4) is 17.4 Å². The molecule has 0 unspecified atom stereocenters. The van der Waals surface area contributed by atoms with E-state index in [1.807, 2.05) is 0 Å². The van der Waals surface area contributed by atoms with Crippen molar-refractivity contribution in [3.05, 3.63) is 54.9 Å². The molecule has 3 aromatic rings. The normalized spacial score (nSPS) is 11.3. The Morgan fingerprint density at radius 3 is 2.60 bits per heavy atom. The molecule has 130 valence electrons. The summed E-state index contributed by atoms with van der Waals surface area (Å²) in [6.07, 6.45) is 5.08. The van der Waals surface area contributed by atoms with Crippen LogP contribution < -0.4 is 9.46 Å². The Morgan fingerprint density at radius 1 is 1.20 bits per heavy atom. The topological polar surface area (TPSA) is 99.0 Å². The summed E-state index contributed by atoms with van der Waals surface area (Å²) >= 11 is 0. The molecule has 8 nitrogen and oxygen atoms in total. The fourth-order valence-corrected chi connectivity index (χ4v) is 2.71. The third-order valence-corrected chi connectivity index (χ3v) is 4.61. The van der Waals surface area contributed by atoms with Crippen LogP contribution in [0, 0.1) is 6.92 Å². The average Bonchev–Trinajstić information content (AvgIpc) is 3.10. The zero-order valence-corrected chi connectivity index (χ0v) is 14.6. The molecule has 0 amide bonds. The van der Waals surface area contributed by atoms with Crippen molar-refractivity contribution in [3.63, 3.8) is 0 Å². The Bertz CT molecular complexity index is 954. The first-order valence-corrected chi connectivity index (χ1v) is 9.23. The molecule has 3 rings (SSSR count). The van der Waals surface area contributed by atoms with Crippen LogP contribution in [0.5, 0.6) is 11.6 Å². The van der Waals surface area contributed by atoms with Gasteiger partial charge in [0.25, 0.3) is 0 Å². The van der Waals surface area contributed by atoms with Gasteiger partial charge >= 0.3 is 0 Å². The predicted molar refractivity (Wildman–Crippen MR) is 93.5 cm³/mol. The van der Waals surface area contributed by atoms with Crippen LogP contribution in [0.15, 0.2) is 49.1 Å². The minimum atomic E-state index is -3.30. The van der Waals surface area contributed by atoms with Gasteiger partial charge in [-0.15, -0.1) is 0 Å². The Hall–Kier alpha value is -2.94. The van der Waals surface area contributed by atoms with Crippen molar-refractivity contribution in [1.82, 2.24) is 19.5 Å². The van der Waals surface area contributed by atoms with Gasteiger partial charge in [-0.3, -0.25) is 9.29 Å². The zero-order chi connectivity index (χ0) is 17.9. The Morgan fingerprint density at radius 2 is 1.96 bits per heavy atom. The lowest BCUT2D eigenvalue weighted by atomic mass is 10.3. The second-order valence-electron chi connectivity index (χ2n) is 5.21. The summed E-state index contributed by atoms with van der Waals surface area (Å²) in [5.41, 5.74) is 0.479. The Labute approximate surface area is 145 Å². The van der Waals surface area contributed by atoms with E-state index in [1.54, 1.807) is 67.5 Å². The number of rotatable bonds is 6. The van der Waals surface area contributed by atoms with E-state index in [0.29, 0.717) is 29.0 Å². The SMILES string of the molecule is CCS(=O)(=O)Nc1ccc(Oc2cc(-n3ccnc3)nc(C)n2)cc1. The summed E-state index contributed by atoms with van der Waals surface area (Å²) in [6.45, 7) is 3.35. The average molecular weight is 359 g/mol. The standard InChI is InChI=1S/C16H17N5O3S/c1-3-25(22,23)20-13-4-6-14(7-5-13)24-16-10-15(18-12(2)19-16)21-9-8-17-11-21/h4-11,20H,3H2,1-2H3. The van der Waals surface area contributed by atoms with Crippen LogP contribution in [0.1, 0.15) is 12.7 Å². The van der Waals surface area contributed by atoms with E-state index in [0.717, 1.165) is 0 Å². The van der Waals surface area contributed by atoms with Gasteiger partial charge in [0.2, 0.25) is 15.9 Å². The molecular weight excluding hydrogens is 342 g/mol. The molecule has 0 bridgehead atoms. The van der Waals surface area contributed by atoms with E-state index in [2.05, 4.69) is 19.7 Å². The number of benzene rings is 1. The maximum Gasteiger partial charge on any atom is 0.232 e. The zero-order valence-electron chi connectivity index (χ0n) is 13.7. The largest absolute Gasteiger partial charge is 0.439 e. The molecule has 0 saturated heterocycles. The lowest BCUT2D eigenvalue weighted by molar-refractivity contribution is 0.459. The van der Waals surface area contributed by atoms with E-state index < -0.39 is 10.0 Å². The van der Waals surface area contributed by atoms with Crippen molar-refractivity contribution >= 4 is 15.7 Å². The third-order valence-electron chi connectivity index (χ3n) is 3.30. The van der Waals surface area contributed by atoms with Crippen molar-refractivity contribution in [2.45, 2.75) is 13.8 Å². The molecular formula is C16H17N5O3S. The molecule has 0 saturated carbocycles. The van der Waals surface area contributed by atoms with Crippen molar-refractivity contribution < 1.29 is 13.2 Å². The number of imidazole rings is 1. The second-order valence-corrected chi connectivity index (χ2v) is 7.22. The van der Waals surface area contributed by atoms with Crippen LogP contribution in [0.25, 0.3) is 5.82 Å². The number of anilines is 1. The summed E-state index contributed by atoms with van der Waals surface area (Å²) in [5, 5.41) is 0. The summed E-state index contributed by atoms with van der Waals surface area (Å²) in [6, 6.07) is 8.30. The fourth-order valence-electron chi connectivity index (χ4n) is 2.07. The molecule has 2 aromatic heterocycles. The second kappa shape index (κ2) is 6.89. The highest BCUT2D eigenvalue weighted by molar-refractivity contribution is 7.92. The number of ether oxygens (including phenoxy) is 1. The minimum Gasteiger partial charge on any atom is -0.439 e. The van der Waals surface area contributed by atoms with Crippen LogP contribution >= 0.6 is 0 Å². The maximum atomic E-state index is 11.6. The van der Waals surface area contributed by atoms with Gasteiger partial charge in [0.15, 0.2) is 0 Å². The summed E-state index contributed by atoms with van der Waals surface area (Å²) in [7, 11) is -3.30. The molecule has 0 atom stereocenters. The number of sulfonamides is 1. The quantitative estimate of drug-likeness (QED) is 0.726. The van der Waals surface area contributed by atoms with Crippen LogP contribution in [0.2, 0.25) is 0 Å². The third kappa shape index (κ3) is 4.32. The first kappa shape index (κ1) is 16.9. The monoisotopic (exact) mass is 359 g/mol. The molecule has 0 aliphatic heterocycles. The maximum absolute atomic E-state index is 11.6. The van der Waals surface area contributed by atoms with Crippen LogP contribution in [-0.4, -0.2) is 33.7 Å². The van der Waals surface area contributed by atoms with Gasteiger partial charge < -0.3 is 4.74 Å². The first-order chi connectivity index (χ1) is 11.9. The van der Waals surface area contributed by atoms with Gasteiger partial charge in [-0.05, 0) is 38.1 Å². The summed E-state index contributed by atoms with van der Waals surface area (Å²) in [4.78, 5) is 12.6. The van der Waals surface area contributed by atoms with Crippen molar-refractivity contribution in [2.24, 2.45) is 0 Å². The van der Waals surface area contributed by atoms with Crippen LogP contribution in [0.3, 0.4) is 0 Å². The molecule has 0 fully saturated rings. The van der Waals surface area contributed by atoms with Gasteiger partial charge in [0, 0.05) is 24.1 Å². The Balaban J connectivity index is 1.79. The summed E-state index contributed by atoms with van der Waals surface area (Å²) < 4.78 is 33.1. The van der Waals surface area contributed by atoms with Crippen molar-refractivity contribution in [2.75, 3.05) is 10.5 Å². The van der Waals surface area contributed by atoms with E-state index in [4.69, 9.17) is 4.74 Å². The molecule has 2 heterocycles. The number of nitrogens with one attached hydrogen (secondary N) is 1. The molecule has 0 aliphatic carbocycles. The number of aromatic nitrogens is 4. The van der Waals surface area contributed by atoms with Gasteiger partial charge in [-0.2, -0.15) is 4.98 Å². The smallest absolute Gasteiger partial charge is 0.232 e. The summed E-state index contributed by atoms with van der Waals surface area (Å²) in [5.74, 6) is 2.15. The molecule has 0 radical (unpaired) electrons. The van der Waals surface area contributed by atoms with E-state index in [-0.39, 0.29) is 5.75 Å². The molecule has 9 heteroatoms. The van der Waals surface area contributed by atoms with Crippen LogP contribution in [-0.2, 0) is 10.0 Å². The molecule has 0 spiro atoms. The highest BCUT2D eigenvalue weighted by Gasteiger charge is 2.08. The number of nitrogens with zero attached hydrogens (tertiary/aromatic N) is 4. The van der Waals surface area contributed by atoms with Crippen molar-refractivity contribution in [1.29, 1.82) is 0 Å². The van der Waals surface area contributed by atoms with E-state index in [1.165, 1.54) is 0 Å². The fraction of sp³-hybridized carbons (Fsp3) is 0.188. The minimum absolute atomic E-state index is 0.0164. The van der Waals surface area contributed by atoms with Gasteiger partial charge in [0.05, 0.1) is 5.75 Å². The van der Waals surface area contributed by atoms with Crippen LogP contribution in [0.4, 0.5) is 5.69 Å². The molecule has 0 aliphatic rings. The van der Waals surface area contributed by atoms with E-state index >= 15 is 0 Å². The van der Waals surface area contributed by atoms with Gasteiger partial charge in [-0.25, -0.2) is 18.4 Å². The molecule has 1 aromatic carbocycles. The first-order valence-electron chi connectivity index (χ1n) is 7.57. The lowest BCUT2D eigenvalue weighted by Gasteiger charge is -2.09. The van der Waals surface area contributed by atoms with Gasteiger partial charge in [0.1, 0.15) is 23.7 Å². The molecule has 25 heavy (non-hydrogen) atoms.